The van der Waals surface area contributed by atoms with Crippen molar-refractivity contribution in [1.29, 1.82) is 0 Å². The van der Waals surface area contributed by atoms with E-state index in [4.69, 9.17) is 0 Å². The van der Waals surface area contributed by atoms with E-state index in [1.54, 1.807) is 24.3 Å². The van der Waals surface area contributed by atoms with E-state index in [1.165, 1.54) is 0 Å². The Balaban J connectivity index is 2.09. The van der Waals surface area contributed by atoms with Gasteiger partial charge in [0.05, 0.1) is 4.90 Å². The Morgan fingerprint density at radius 1 is 1.27 bits per heavy atom. The van der Waals surface area contributed by atoms with Crippen molar-refractivity contribution >= 4 is 32.6 Å². The molecule has 1 N–H and O–H groups in total. The van der Waals surface area contributed by atoms with E-state index in [1.807, 2.05) is 0 Å². The van der Waals surface area contributed by atoms with Crippen molar-refractivity contribution < 1.29 is 8.42 Å². The molecule has 1 aliphatic carbocycles. The van der Waals surface area contributed by atoms with Crippen LogP contribution in [0.2, 0.25) is 0 Å². The maximum atomic E-state index is 11.8. The zero-order valence-corrected chi connectivity index (χ0v) is 11.1. The Morgan fingerprint density at radius 3 is 2.40 bits per heavy atom. The highest BCUT2D eigenvalue weighted by molar-refractivity contribution is 14.1. The molecule has 3 nitrogen and oxygen atoms in total. The summed E-state index contributed by atoms with van der Waals surface area (Å²) in [6.45, 7) is 0.578. The largest absolute Gasteiger partial charge is 0.240 e. The SMILES string of the molecule is O=S(=O)(NCC1CC1)c1ccc(I)cc1. The minimum Gasteiger partial charge on any atom is -0.211 e. The van der Waals surface area contributed by atoms with Crippen LogP contribution < -0.4 is 4.72 Å². The molecule has 82 valence electrons. The standard InChI is InChI=1S/C10H12INO2S/c11-9-3-5-10(6-4-9)15(13,14)12-7-8-1-2-8/h3-6,8,12H,1-2,7H2. The van der Waals surface area contributed by atoms with Gasteiger partial charge >= 0.3 is 0 Å². The molecule has 1 aliphatic rings. The number of rotatable bonds is 4. The molecule has 0 radical (unpaired) electrons. The van der Waals surface area contributed by atoms with E-state index >= 15 is 0 Å². The normalized spacial score (nSPS) is 16.6. The van der Waals surface area contributed by atoms with Crippen LogP contribution in [0.25, 0.3) is 0 Å². The van der Waals surface area contributed by atoms with Crippen LogP contribution in [0, 0.1) is 9.49 Å². The number of benzene rings is 1. The number of hydrogen-bond donors (Lipinski definition) is 1. The van der Waals surface area contributed by atoms with Gasteiger partial charge in [-0.25, -0.2) is 13.1 Å². The second kappa shape index (κ2) is 4.39. The first-order valence-corrected chi connectivity index (χ1v) is 7.39. The van der Waals surface area contributed by atoms with E-state index in [0.717, 1.165) is 16.4 Å². The second-order valence-electron chi connectivity index (χ2n) is 3.75. The lowest BCUT2D eigenvalue weighted by Gasteiger charge is -2.05. The van der Waals surface area contributed by atoms with Gasteiger partial charge in [0.1, 0.15) is 0 Å². The lowest BCUT2D eigenvalue weighted by Crippen LogP contribution is -2.25. The lowest BCUT2D eigenvalue weighted by molar-refractivity contribution is 0.577. The molecule has 0 saturated heterocycles. The van der Waals surface area contributed by atoms with Crippen LogP contribution in [0.3, 0.4) is 0 Å². The topological polar surface area (TPSA) is 46.2 Å². The third-order valence-corrected chi connectivity index (χ3v) is 4.54. The minimum absolute atomic E-state index is 0.351. The predicted octanol–water partition coefficient (Wildman–Crippen LogP) is 1.98. The summed E-state index contributed by atoms with van der Waals surface area (Å²) in [5.74, 6) is 0.559. The molecule has 0 aliphatic heterocycles. The van der Waals surface area contributed by atoms with Crippen LogP contribution in [-0.4, -0.2) is 15.0 Å². The Labute approximate surface area is 103 Å². The summed E-state index contributed by atoms with van der Waals surface area (Å²) in [5, 5.41) is 0. The van der Waals surface area contributed by atoms with Gasteiger partial charge in [0.25, 0.3) is 0 Å². The number of halogens is 1. The van der Waals surface area contributed by atoms with Crippen molar-refractivity contribution in [3.8, 4) is 0 Å². The molecule has 5 heteroatoms. The summed E-state index contributed by atoms with van der Waals surface area (Å²) in [5.41, 5.74) is 0. The molecule has 0 amide bonds. The van der Waals surface area contributed by atoms with Crippen LogP contribution >= 0.6 is 22.6 Å². The van der Waals surface area contributed by atoms with Crippen LogP contribution in [0.4, 0.5) is 0 Å². The van der Waals surface area contributed by atoms with Crippen molar-refractivity contribution in [2.75, 3.05) is 6.54 Å². The fourth-order valence-electron chi connectivity index (χ4n) is 1.25. The Kier molecular flexibility index (Phi) is 3.32. The molecule has 2 rings (SSSR count). The van der Waals surface area contributed by atoms with Gasteiger partial charge in [-0.3, -0.25) is 0 Å². The van der Waals surface area contributed by atoms with Gasteiger partial charge in [0.2, 0.25) is 10.0 Å². The summed E-state index contributed by atoms with van der Waals surface area (Å²) < 4.78 is 27.2. The molecule has 15 heavy (non-hydrogen) atoms. The molecule has 0 spiro atoms. The monoisotopic (exact) mass is 337 g/mol. The average Bonchev–Trinajstić information content (AvgIpc) is 2.99. The Hall–Kier alpha value is -0.140. The molecule has 0 unspecified atom stereocenters. The molecule has 1 fully saturated rings. The molecule has 1 aromatic carbocycles. The summed E-state index contributed by atoms with van der Waals surface area (Å²) in [7, 11) is -3.29. The van der Waals surface area contributed by atoms with E-state index in [2.05, 4.69) is 27.3 Å². The number of nitrogens with one attached hydrogen (secondary N) is 1. The maximum absolute atomic E-state index is 11.8. The van der Waals surface area contributed by atoms with E-state index in [0.29, 0.717) is 17.4 Å². The first-order chi connectivity index (χ1) is 7.08. The van der Waals surface area contributed by atoms with Gasteiger partial charge in [-0.1, -0.05) is 0 Å². The summed E-state index contributed by atoms with van der Waals surface area (Å²) >= 11 is 2.15. The van der Waals surface area contributed by atoms with E-state index < -0.39 is 10.0 Å². The summed E-state index contributed by atoms with van der Waals surface area (Å²) in [6.07, 6.45) is 2.30. The quantitative estimate of drug-likeness (QED) is 0.854. The molecule has 0 atom stereocenters. The summed E-state index contributed by atoms with van der Waals surface area (Å²) in [4.78, 5) is 0.351. The van der Waals surface area contributed by atoms with Crippen LogP contribution in [-0.2, 0) is 10.0 Å². The van der Waals surface area contributed by atoms with E-state index in [9.17, 15) is 8.42 Å². The molecule has 0 aromatic heterocycles. The predicted molar refractivity (Wildman–Crippen MR) is 67.1 cm³/mol. The first kappa shape index (κ1) is 11.3. The van der Waals surface area contributed by atoms with Gasteiger partial charge in [-0.15, -0.1) is 0 Å². The van der Waals surface area contributed by atoms with Crippen LogP contribution in [0.1, 0.15) is 12.8 Å². The number of hydrogen-bond acceptors (Lipinski definition) is 2. The van der Waals surface area contributed by atoms with Gasteiger partial charge in [-0.2, -0.15) is 0 Å². The zero-order chi connectivity index (χ0) is 10.9. The Morgan fingerprint density at radius 2 is 1.87 bits per heavy atom. The second-order valence-corrected chi connectivity index (χ2v) is 6.76. The minimum atomic E-state index is -3.29. The zero-order valence-electron chi connectivity index (χ0n) is 8.11. The third kappa shape index (κ3) is 3.15. The van der Waals surface area contributed by atoms with Crippen molar-refractivity contribution in [1.82, 2.24) is 4.72 Å². The summed E-state index contributed by atoms with van der Waals surface area (Å²) in [6, 6.07) is 6.87. The highest BCUT2D eigenvalue weighted by Crippen LogP contribution is 2.28. The fourth-order valence-corrected chi connectivity index (χ4v) is 2.72. The van der Waals surface area contributed by atoms with Crippen molar-refractivity contribution in [3.05, 3.63) is 27.8 Å². The molecule has 0 heterocycles. The van der Waals surface area contributed by atoms with Gasteiger partial charge in [0.15, 0.2) is 0 Å². The molecule has 1 aromatic rings. The van der Waals surface area contributed by atoms with Crippen LogP contribution in [0.15, 0.2) is 29.2 Å². The third-order valence-electron chi connectivity index (χ3n) is 2.38. The fraction of sp³-hybridized carbons (Fsp3) is 0.400. The van der Waals surface area contributed by atoms with Gasteiger partial charge in [0, 0.05) is 10.1 Å². The average molecular weight is 337 g/mol. The van der Waals surface area contributed by atoms with E-state index in [-0.39, 0.29) is 0 Å². The molecule has 1 saturated carbocycles. The Bertz CT molecular complexity index is 437. The molecular formula is C10H12INO2S. The highest BCUT2D eigenvalue weighted by Gasteiger charge is 2.24. The highest BCUT2D eigenvalue weighted by atomic mass is 127. The number of sulfonamides is 1. The van der Waals surface area contributed by atoms with Crippen LogP contribution in [0.5, 0.6) is 0 Å². The van der Waals surface area contributed by atoms with Gasteiger partial charge in [-0.05, 0) is 65.6 Å². The van der Waals surface area contributed by atoms with Crippen molar-refractivity contribution in [3.63, 3.8) is 0 Å². The lowest BCUT2D eigenvalue weighted by atomic mass is 10.4. The van der Waals surface area contributed by atoms with Crippen molar-refractivity contribution in [2.24, 2.45) is 5.92 Å². The molecule has 0 bridgehead atoms. The first-order valence-electron chi connectivity index (χ1n) is 4.83. The smallest absolute Gasteiger partial charge is 0.211 e. The van der Waals surface area contributed by atoms with Crippen molar-refractivity contribution in [2.45, 2.75) is 17.7 Å². The maximum Gasteiger partial charge on any atom is 0.240 e. The molecular weight excluding hydrogens is 325 g/mol. The van der Waals surface area contributed by atoms with Gasteiger partial charge < -0.3 is 0 Å².